The quantitative estimate of drug-likeness (QED) is 0.843. The fourth-order valence-electron chi connectivity index (χ4n) is 1.53. The molecule has 1 aliphatic rings. The summed E-state index contributed by atoms with van der Waals surface area (Å²) in [5.74, 6) is 0.750. The van der Waals surface area contributed by atoms with E-state index in [1.54, 1.807) is 6.20 Å². The number of halogens is 2. The van der Waals surface area contributed by atoms with Crippen LogP contribution in [0.1, 0.15) is 18.4 Å². The molecule has 0 amide bonds. The van der Waals surface area contributed by atoms with Crippen LogP contribution in [0.5, 0.6) is 0 Å². The zero-order valence-electron chi connectivity index (χ0n) is 8.42. The number of hydrogen-bond donors (Lipinski definition) is 1. The smallest absolute Gasteiger partial charge is 0.0488 e. The molecule has 1 fully saturated rings. The predicted octanol–water partition coefficient (Wildman–Crippen LogP) is 2.95. The molecule has 1 aromatic rings. The van der Waals surface area contributed by atoms with Crippen LogP contribution >= 0.6 is 27.5 Å². The number of nitrogens with zero attached hydrogens (tertiary/aromatic N) is 1. The van der Waals surface area contributed by atoms with E-state index in [1.165, 1.54) is 18.4 Å². The van der Waals surface area contributed by atoms with Crippen LogP contribution in [-0.4, -0.2) is 16.9 Å². The van der Waals surface area contributed by atoms with Crippen molar-refractivity contribution in [2.24, 2.45) is 5.92 Å². The second kappa shape index (κ2) is 5.28. The fraction of sp³-hybridized carbons (Fsp3) is 0.545. The number of aromatic nitrogens is 1. The van der Waals surface area contributed by atoms with E-state index in [0.29, 0.717) is 5.38 Å². The average Bonchev–Trinajstić information content (AvgIpc) is 3.00. The molecule has 82 valence electrons. The first-order valence-corrected chi connectivity index (χ1v) is 6.43. The summed E-state index contributed by atoms with van der Waals surface area (Å²) in [6.07, 6.45) is 6.26. The monoisotopic (exact) mass is 288 g/mol. The lowest BCUT2D eigenvalue weighted by atomic mass is 10.2. The average molecular weight is 290 g/mol. The van der Waals surface area contributed by atoms with E-state index in [4.69, 9.17) is 11.6 Å². The molecule has 0 saturated heterocycles. The predicted molar refractivity (Wildman–Crippen MR) is 66.0 cm³/mol. The Balaban J connectivity index is 1.73. The first kappa shape index (κ1) is 11.4. The Morgan fingerprint density at radius 2 is 2.33 bits per heavy atom. The van der Waals surface area contributed by atoms with Crippen molar-refractivity contribution in [1.29, 1.82) is 0 Å². The molecule has 0 bridgehead atoms. The van der Waals surface area contributed by atoms with Gasteiger partial charge < -0.3 is 5.32 Å². The highest BCUT2D eigenvalue weighted by Crippen LogP contribution is 2.35. The normalized spacial score (nSPS) is 17.7. The van der Waals surface area contributed by atoms with Crippen LogP contribution in [0.15, 0.2) is 22.9 Å². The molecule has 1 N–H and O–H groups in total. The molecule has 4 heteroatoms. The van der Waals surface area contributed by atoms with Crippen LogP contribution in [0.2, 0.25) is 0 Å². The Labute approximate surface area is 104 Å². The Bertz CT molecular complexity index is 328. The summed E-state index contributed by atoms with van der Waals surface area (Å²) in [6.45, 7) is 1.72. The lowest BCUT2D eigenvalue weighted by Crippen LogP contribution is -2.24. The van der Waals surface area contributed by atoms with Gasteiger partial charge in [0.25, 0.3) is 0 Å². The molecule has 0 aliphatic heterocycles. The molecule has 1 aliphatic carbocycles. The summed E-state index contributed by atoms with van der Waals surface area (Å²) >= 11 is 9.59. The first-order valence-electron chi connectivity index (χ1n) is 5.20. The van der Waals surface area contributed by atoms with Gasteiger partial charge in [-0.1, -0.05) is 0 Å². The molecular formula is C11H14BrClN2. The molecule has 2 rings (SSSR count). The second-order valence-electron chi connectivity index (χ2n) is 4.00. The lowest BCUT2D eigenvalue weighted by Gasteiger charge is -2.09. The van der Waals surface area contributed by atoms with Gasteiger partial charge >= 0.3 is 0 Å². The number of hydrogen-bond acceptors (Lipinski definition) is 2. The van der Waals surface area contributed by atoms with Crippen molar-refractivity contribution in [3.05, 3.63) is 28.5 Å². The zero-order chi connectivity index (χ0) is 10.7. The van der Waals surface area contributed by atoms with E-state index >= 15 is 0 Å². The Morgan fingerprint density at radius 3 is 3.00 bits per heavy atom. The second-order valence-corrected chi connectivity index (χ2v) is 5.47. The number of rotatable bonds is 5. The topological polar surface area (TPSA) is 24.9 Å². The number of pyridine rings is 1. The zero-order valence-corrected chi connectivity index (χ0v) is 10.8. The van der Waals surface area contributed by atoms with E-state index < -0.39 is 0 Å². The Morgan fingerprint density at radius 1 is 1.53 bits per heavy atom. The minimum atomic E-state index is 0.296. The number of alkyl halides is 1. The van der Waals surface area contributed by atoms with Gasteiger partial charge in [-0.2, -0.15) is 0 Å². The van der Waals surface area contributed by atoms with E-state index in [-0.39, 0.29) is 0 Å². The standard InChI is InChI=1S/C11H14BrClN2/c12-10-3-8(4-14-6-10)5-15-7-11(13)9-1-2-9/h3-4,6,9,11,15H,1-2,5,7H2. The third-order valence-corrected chi connectivity index (χ3v) is 3.51. The van der Waals surface area contributed by atoms with Gasteiger partial charge in [0.1, 0.15) is 0 Å². The largest absolute Gasteiger partial charge is 0.311 e. The molecule has 2 nitrogen and oxygen atoms in total. The maximum atomic E-state index is 6.19. The van der Waals surface area contributed by atoms with Crippen molar-refractivity contribution >= 4 is 27.5 Å². The van der Waals surface area contributed by atoms with Crippen molar-refractivity contribution < 1.29 is 0 Å². The van der Waals surface area contributed by atoms with Crippen molar-refractivity contribution in [2.45, 2.75) is 24.8 Å². The highest BCUT2D eigenvalue weighted by atomic mass is 79.9. The minimum absolute atomic E-state index is 0.296. The van der Waals surface area contributed by atoms with Gasteiger partial charge in [0.05, 0.1) is 0 Å². The third-order valence-electron chi connectivity index (χ3n) is 2.56. The molecule has 0 radical (unpaired) electrons. The Hall–Kier alpha value is -0.120. The summed E-state index contributed by atoms with van der Waals surface area (Å²) in [5, 5.41) is 3.65. The van der Waals surface area contributed by atoms with Gasteiger partial charge in [0.2, 0.25) is 0 Å². The fourth-order valence-corrected chi connectivity index (χ4v) is 2.30. The molecule has 0 spiro atoms. The molecule has 15 heavy (non-hydrogen) atoms. The van der Waals surface area contributed by atoms with Crippen LogP contribution in [0.3, 0.4) is 0 Å². The van der Waals surface area contributed by atoms with Gasteiger partial charge in [-0.25, -0.2) is 0 Å². The van der Waals surface area contributed by atoms with Crippen LogP contribution in [0.25, 0.3) is 0 Å². The van der Waals surface area contributed by atoms with Crippen molar-refractivity contribution in [1.82, 2.24) is 10.3 Å². The number of nitrogens with one attached hydrogen (secondary N) is 1. The SMILES string of the molecule is ClC(CNCc1cncc(Br)c1)C1CC1. The van der Waals surface area contributed by atoms with E-state index in [1.807, 2.05) is 6.20 Å². The van der Waals surface area contributed by atoms with E-state index in [2.05, 4.69) is 32.3 Å². The van der Waals surface area contributed by atoms with Crippen LogP contribution < -0.4 is 5.32 Å². The maximum Gasteiger partial charge on any atom is 0.0488 e. The molecule has 0 aromatic carbocycles. The van der Waals surface area contributed by atoms with Crippen LogP contribution in [-0.2, 0) is 6.54 Å². The summed E-state index contributed by atoms with van der Waals surface area (Å²) in [4.78, 5) is 4.11. The van der Waals surface area contributed by atoms with E-state index in [0.717, 1.165) is 23.5 Å². The third kappa shape index (κ3) is 3.74. The van der Waals surface area contributed by atoms with Crippen molar-refractivity contribution in [2.75, 3.05) is 6.54 Å². The molecule has 1 heterocycles. The Kier molecular flexibility index (Phi) is 4.00. The summed E-state index contributed by atoms with van der Waals surface area (Å²) in [5.41, 5.74) is 1.18. The summed E-state index contributed by atoms with van der Waals surface area (Å²) < 4.78 is 1.02. The van der Waals surface area contributed by atoms with Gasteiger partial charge in [0, 0.05) is 35.3 Å². The van der Waals surface area contributed by atoms with Crippen molar-refractivity contribution in [3.63, 3.8) is 0 Å². The van der Waals surface area contributed by atoms with Crippen molar-refractivity contribution in [3.8, 4) is 0 Å². The van der Waals surface area contributed by atoms with Crippen LogP contribution in [0, 0.1) is 5.92 Å². The molecular weight excluding hydrogens is 275 g/mol. The summed E-state index contributed by atoms with van der Waals surface area (Å²) in [6, 6.07) is 2.07. The van der Waals surface area contributed by atoms with Gasteiger partial charge in [-0.15, -0.1) is 11.6 Å². The molecule has 1 unspecified atom stereocenters. The molecule has 1 atom stereocenters. The lowest BCUT2D eigenvalue weighted by molar-refractivity contribution is 0.619. The first-order chi connectivity index (χ1) is 7.25. The molecule has 1 saturated carbocycles. The van der Waals surface area contributed by atoms with E-state index in [9.17, 15) is 0 Å². The van der Waals surface area contributed by atoms with Gasteiger partial charge in [-0.3, -0.25) is 4.98 Å². The molecule has 1 aromatic heterocycles. The summed E-state index contributed by atoms with van der Waals surface area (Å²) in [7, 11) is 0. The highest BCUT2D eigenvalue weighted by molar-refractivity contribution is 9.10. The maximum absolute atomic E-state index is 6.19. The van der Waals surface area contributed by atoms with Gasteiger partial charge in [0.15, 0.2) is 0 Å². The highest BCUT2D eigenvalue weighted by Gasteiger charge is 2.28. The van der Waals surface area contributed by atoms with Gasteiger partial charge in [-0.05, 0) is 46.3 Å². The minimum Gasteiger partial charge on any atom is -0.311 e. The van der Waals surface area contributed by atoms with Crippen LogP contribution in [0.4, 0.5) is 0 Å².